The molecule has 25 heavy (non-hydrogen) atoms. The van der Waals surface area contributed by atoms with Crippen LogP contribution in [-0.2, 0) is 9.59 Å². The number of rotatable bonds is 3. The number of pyridine rings is 1. The van der Waals surface area contributed by atoms with Crippen molar-refractivity contribution in [3.63, 3.8) is 0 Å². The third kappa shape index (κ3) is 3.95. The highest BCUT2D eigenvalue weighted by Gasteiger charge is 2.18. The summed E-state index contributed by atoms with van der Waals surface area (Å²) >= 11 is 6.11. The third-order valence-electron chi connectivity index (χ3n) is 3.77. The largest absolute Gasteiger partial charge is 0.341 e. The molecule has 1 unspecified atom stereocenters. The molecule has 0 saturated heterocycles. The highest BCUT2D eigenvalue weighted by atomic mass is 35.5. The number of anilines is 1. The fourth-order valence-electron chi connectivity index (χ4n) is 2.49. The smallest absolute Gasteiger partial charge is 0.313 e. The van der Waals surface area contributed by atoms with Crippen molar-refractivity contribution >= 4 is 40.0 Å². The molecule has 1 atom stereocenters. The van der Waals surface area contributed by atoms with Gasteiger partial charge in [0.2, 0.25) is 0 Å². The first-order chi connectivity index (χ1) is 12.0. The first-order valence-corrected chi connectivity index (χ1v) is 8.13. The Kier molecular flexibility index (Phi) is 4.95. The van der Waals surface area contributed by atoms with E-state index in [4.69, 9.17) is 11.6 Å². The van der Waals surface area contributed by atoms with E-state index in [1.165, 1.54) is 6.20 Å². The summed E-state index contributed by atoms with van der Waals surface area (Å²) in [5.74, 6) is -1.49. The second-order valence-electron chi connectivity index (χ2n) is 5.59. The number of amides is 2. The molecule has 1 aromatic heterocycles. The number of para-hydroxylation sites is 1. The van der Waals surface area contributed by atoms with Crippen molar-refractivity contribution in [1.29, 1.82) is 0 Å². The van der Waals surface area contributed by atoms with Gasteiger partial charge in [-0.15, -0.1) is 0 Å². The maximum Gasteiger partial charge on any atom is 0.313 e. The molecular weight excluding hydrogens is 338 g/mol. The lowest BCUT2D eigenvalue weighted by molar-refractivity contribution is -0.136. The Morgan fingerprint density at radius 2 is 1.76 bits per heavy atom. The van der Waals surface area contributed by atoms with Gasteiger partial charge in [0.15, 0.2) is 0 Å². The maximum absolute atomic E-state index is 12.1. The number of aromatic nitrogens is 1. The molecule has 0 radical (unpaired) electrons. The molecule has 1 heterocycles. The number of hydrogen-bond donors (Lipinski definition) is 2. The molecule has 3 rings (SSSR count). The van der Waals surface area contributed by atoms with Gasteiger partial charge in [0.1, 0.15) is 0 Å². The Balaban J connectivity index is 1.67. The van der Waals surface area contributed by atoms with Crippen molar-refractivity contribution in [3.8, 4) is 0 Å². The molecule has 0 spiro atoms. The molecular formula is C19H16ClN3O2. The highest BCUT2D eigenvalue weighted by molar-refractivity contribution is 6.39. The normalized spacial score (nSPS) is 11.8. The summed E-state index contributed by atoms with van der Waals surface area (Å²) in [5.41, 5.74) is 2.03. The molecule has 0 bridgehead atoms. The molecule has 6 heteroatoms. The molecule has 2 amide bonds. The molecule has 5 nitrogen and oxygen atoms in total. The van der Waals surface area contributed by atoms with Crippen LogP contribution in [0.25, 0.3) is 10.9 Å². The van der Waals surface area contributed by atoms with Gasteiger partial charge in [-0.25, -0.2) is 0 Å². The van der Waals surface area contributed by atoms with E-state index in [0.717, 1.165) is 16.5 Å². The molecule has 2 N–H and O–H groups in total. The van der Waals surface area contributed by atoms with E-state index in [2.05, 4.69) is 15.6 Å². The van der Waals surface area contributed by atoms with E-state index in [-0.39, 0.29) is 6.04 Å². The van der Waals surface area contributed by atoms with Gasteiger partial charge in [-0.1, -0.05) is 48.0 Å². The summed E-state index contributed by atoms with van der Waals surface area (Å²) in [7, 11) is 0. The lowest BCUT2D eigenvalue weighted by Gasteiger charge is -2.15. The van der Waals surface area contributed by atoms with Crippen molar-refractivity contribution in [2.45, 2.75) is 13.0 Å². The van der Waals surface area contributed by atoms with E-state index >= 15 is 0 Å². The Labute approximate surface area is 150 Å². The molecule has 3 aromatic rings. The van der Waals surface area contributed by atoms with E-state index < -0.39 is 11.8 Å². The van der Waals surface area contributed by atoms with Crippen LogP contribution in [0.5, 0.6) is 0 Å². The standard InChI is InChI=1S/C19H16ClN3O2/c1-12(15-7-3-4-8-16(15)20)22-18(24)19(25)23-14-10-13-6-2-5-9-17(13)21-11-14/h2-12H,1H3,(H,22,24)(H,23,25). The van der Waals surface area contributed by atoms with Gasteiger partial charge in [0, 0.05) is 10.4 Å². The van der Waals surface area contributed by atoms with E-state index in [0.29, 0.717) is 10.7 Å². The van der Waals surface area contributed by atoms with Crippen molar-refractivity contribution in [3.05, 3.63) is 71.4 Å². The van der Waals surface area contributed by atoms with Crippen LogP contribution in [0.1, 0.15) is 18.5 Å². The third-order valence-corrected chi connectivity index (χ3v) is 4.12. The van der Waals surface area contributed by atoms with E-state index in [1.807, 2.05) is 30.3 Å². The van der Waals surface area contributed by atoms with E-state index in [1.54, 1.807) is 31.2 Å². The summed E-state index contributed by atoms with van der Waals surface area (Å²) in [5, 5.41) is 6.61. The van der Waals surface area contributed by atoms with Gasteiger partial charge in [0.25, 0.3) is 0 Å². The predicted octanol–water partition coefficient (Wildman–Crippen LogP) is 3.70. The Morgan fingerprint density at radius 1 is 1.04 bits per heavy atom. The second-order valence-corrected chi connectivity index (χ2v) is 5.99. The number of carbonyl (C=O) groups excluding carboxylic acids is 2. The zero-order valence-corrected chi connectivity index (χ0v) is 14.2. The summed E-state index contributed by atoms with van der Waals surface area (Å²) in [4.78, 5) is 28.5. The minimum atomic E-state index is -0.754. The molecule has 2 aromatic carbocycles. The van der Waals surface area contributed by atoms with Crippen LogP contribution < -0.4 is 10.6 Å². The van der Waals surface area contributed by atoms with E-state index in [9.17, 15) is 9.59 Å². The number of halogens is 1. The zero-order chi connectivity index (χ0) is 17.8. The average molecular weight is 354 g/mol. The Bertz CT molecular complexity index is 943. The second kappa shape index (κ2) is 7.32. The lowest BCUT2D eigenvalue weighted by atomic mass is 10.1. The fourth-order valence-corrected chi connectivity index (χ4v) is 2.79. The van der Waals surface area contributed by atoms with Crippen LogP contribution in [0.3, 0.4) is 0 Å². The lowest BCUT2D eigenvalue weighted by Crippen LogP contribution is -2.37. The van der Waals surface area contributed by atoms with Crippen molar-refractivity contribution in [2.75, 3.05) is 5.32 Å². The van der Waals surface area contributed by atoms with Gasteiger partial charge >= 0.3 is 11.8 Å². The van der Waals surface area contributed by atoms with Gasteiger partial charge in [0.05, 0.1) is 23.4 Å². The number of nitrogens with zero attached hydrogens (tertiary/aromatic N) is 1. The summed E-state index contributed by atoms with van der Waals surface area (Å²) < 4.78 is 0. The minimum Gasteiger partial charge on any atom is -0.341 e. The number of carbonyl (C=O) groups is 2. The van der Waals surface area contributed by atoms with Crippen molar-refractivity contribution < 1.29 is 9.59 Å². The first kappa shape index (κ1) is 16.9. The van der Waals surface area contributed by atoms with Crippen molar-refractivity contribution in [2.24, 2.45) is 0 Å². The van der Waals surface area contributed by atoms with Crippen LogP contribution in [0.15, 0.2) is 60.8 Å². The first-order valence-electron chi connectivity index (χ1n) is 7.75. The molecule has 126 valence electrons. The quantitative estimate of drug-likeness (QED) is 0.705. The van der Waals surface area contributed by atoms with Gasteiger partial charge in [-0.3, -0.25) is 14.6 Å². The van der Waals surface area contributed by atoms with Gasteiger partial charge < -0.3 is 10.6 Å². The zero-order valence-electron chi connectivity index (χ0n) is 13.5. The average Bonchev–Trinajstić information content (AvgIpc) is 2.61. The fraction of sp³-hybridized carbons (Fsp3) is 0.105. The van der Waals surface area contributed by atoms with Crippen LogP contribution in [0.2, 0.25) is 5.02 Å². The van der Waals surface area contributed by atoms with Crippen LogP contribution in [-0.4, -0.2) is 16.8 Å². The summed E-state index contributed by atoms with van der Waals surface area (Å²) in [6.07, 6.45) is 1.52. The molecule has 0 fully saturated rings. The summed E-state index contributed by atoms with van der Waals surface area (Å²) in [6.45, 7) is 1.77. The molecule has 0 aliphatic heterocycles. The number of fused-ring (bicyclic) bond motifs is 1. The topological polar surface area (TPSA) is 71.1 Å². The van der Waals surface area contributed by atoms with Crippen LogP contribution in [0, 0.1) is 0 Å². The van der Waals surface area contributed by atoms with Gasteiger partial charge in [-0.2, -0.15) is 0 Å². The minimum absolute atomic E-state index is 0.387. The predicted molar refractivity (Wildman–Crippen MR) is 98.4 cm³/mol. The highest BCUT2D eigenvalue weighted by Crippen LogP contribution is 2.22. The SMILES string of the molecule is CC(NC(=O)C(=O)Nc1cnc2ccccc2c1)c1ccccc1Cl. The Hall–Kier alpha value is -2.92. The molecule has 0 saturated carbocycles. The van der Waals surface area contributed by atoms with Gasteiger partial charge in [-0.05, 0) is 30.7 Å². The van der Waals surface area contributed by atoms with Crippen molar-refractivity contribution in [1.82, 2.24) is 10.3 Å². The van der Waals surface area contributed by atoms with Crippen LogP contribution >= 0.6 is 11.6 Å². The number of hydrogen-bond acceptors (Lipinski definition) is 3. The Morgan fingerprint density at radius 3 is 2.56 bits per heavy atom. The number of benzene rings is 2. The van der Waals surface area contributed by atoms with Crippen LogP contribution in [0.4, 0.5) is 5.69 Å². The summed E-state index contributed by atoms with van der Waals surface area (Å²) in [6, 6.07) is 16.1. The molecule has 0 aliphatic carbocycles. The molecule has 0 aliphatic rings. The number of nitrogens with one attached hydrogen (secondary N) is 2. The maximum atomic E-state index is 12.1. The monoisotopic (exact) mass is 353 g/mol.